The van der Waals surface area contributed by atoms with Crippen molar-refractivity contribution in [2.75, 3.05) is 44.8 Å². The first-order valence-electron chi connectivity index (χ1n) is 9.37. The molecule has 1 N–H and O–H groups in total. The minimum absolute atomic E-state index is 0.0272. The number of urea groups is 1. The molecule has 1 atom stereocenters. The van der Waals surface area contributed by atoms with Gasteiger partial charge in [-0.3, -0.25) is 4.90 Å². The van der Waals surface area contributed by atoms with Crippen LogP contribution in [0.25, 0.3) is 0 Å². The Morgan fingerprint density at radius 3 is 2.79 bits per heavy atom. The highest BCUT2D eigenvalue weighted by molar-refractivity contribution is 5.89. The average Bonchev–Trinajstić information content (AvgIpc) is 2.66. The summed E-state index contributed by atoms with van der Waals surface area (Å²) < 4.78 is 46.8. The van der Waals surface area contributed by atoms with Gasteiger partial charge in [0.25, 0.3) is 0 Å². The van der Waals surface area contributed by atoms with Gasteiger partial charge in [0.1, 0.15) is 0 Å². The lowest BCUT2D eigenvalue weighted by Gasteiger charge is -2.44. The second-order valence-electron chi connectivity index (χ2n) is 7.10. The van der Waals surface area contributed by atoms with E-state index in [4.69, 9.17) is 4.74 Å². The molecule has 2 amide bonds. The number of alkyl halides is 3. The molecule has 3 rings (SSSR count). The number of ether oxygens (including phenoxy) is 2. The minimum Gasteiger partial charge on any atom is -0.468 e. The second kappa shape index (κ2) is 8.95. The molecule has 2 aliphatic heterocycles. The van der Waals surface area contributed by atoms with Crippen LogP contribution < -0.4 is 10.1 Å². The Morgan fingerprint density at radius 2 is 2.11 bits per heavy atom. The minimum atomic E-state index is -4.44. The molecular weight excluding hydrogens is 377 g/mol. The summed E-state index contributed by atoms with van der Waals surface area (Å²) in [5.41, 5.74) is 0.344. The van der Waals surface area contributed by atoms with Gasteiger partial charge in [0.15, 0.2) is 6.61 Å². The van der Waals surface area contributed by atoms with Gasteiger partial charge in [-0.25, -0.2) is 9.78 Å². The van der Waals surface area contributed by atoms with Crippen LogP contribution in [0.1, 0.15) is 19.8 Å². The van der Waals surface area contributed by atoms with Crippen LogP contribution in [-0.4, -0.2) is 78.5 Å². The Bertz CT molecular complexity index is 668. The van der Waals surface area contributed by atoms with Crippen molar-refractivity contribution in [2.45, 2.75) is 38.0 Å². The number of hydrogen-bond donors (Lipinski definition) is 1. The van der Waals surface area contributed by atoms with Crippen LogP contribution in [0.15, 0.2) is 18.3 Å². The predicted octanol–water partition coefficient (Wildman–Crippen LogP) is 2.74. The fraction of sp³-hybridized carbons (Fsp3) is 0.667. The number of hydrogen-bond acceptors (Lipinski definition) is 5. The molecular formula is C18H25F3N4O3. The van der Waals surface area contributed by atoms with Gasteiger partial charge in [-0.2, -0.15) is 13.2 Å². The topological polar surface area (TPSA) is 66.9 Å². The number of anilines is 1. The number of piperazine rings is 1. The van der Waals surface area contributed by atoms with Gasteiger partial charge in [-0.15, -0.1) is 0 Å². The van der Waals surface area contributed by atoms with E-state index in [2.05, 4.69) is 19.9 Å². The van der Waals surface area contributed by atoms with E-state index in [1.807, 2.05) is 6.92 Å². The fourth-order valence-electron chi connectivity index (χ4n) is 3.59. The van der Waals surface area contributed by atoms with Crippen molar-refractivity contribution < 1.29 is 27.4 Å². The largest absolute Gasteiger partial charge is 0.468 e. The molecule has 0 spiro atoms. The molecule has 156 valence electrons. The molecule has 0 aliphatic carbocycles. The van der Waals surface area contributed by atoms with Gasteiger partial charge >= 0.3 is 12.2 Å². The number of rotatable bonds is 4. The number of nitrogens with zero attached hydrogens (tertiary/aromatic N) is 3. The van der Waals surface area contributed by atoms with E-state index in [-0.39, 0.29) is 18.0 Å². The molecule has 28 heavy (non-hydrogen) atoms. The molecule has 0 unspecified atom stereocenters. The van der Waals surface area contributed by atoms with Crippen LogP contribution in [0.4, 0.5) is 23.7 Å². The average molecular weight is 402 g/mol. The van der Waals surface area contributed by atoms with Gasteiger partial charge in [-0.05, 0) is 25.8 Å². The van der Waals surface area contributed by atoms with E-state index < -0.39 is 12.8 Å². The zero-order valence-electron chi connectivity index (χ0n) is 15.7. The molecule has 2 saturated heterocycles. The highest BCUT2D eigenvalue weighted by Crippen LogP contribution is 2.22. The Morgan fingerprint density at radius 1 is 1.36 bits per heavy atom. The van der Waals surface area contributed by atoms with Crippen molar-refractivity contribution in [3.05, 3.63) is 18.3 Å². The molecule has 0 saturated carbocycles. The van der Waals surface area contributed by atoms with E-state index >= 15 is 0 Å². The third-order valence-electron chi connectivity index (χ3n) is 5.00. The smallest absolute Gasteiger partial charge is 0.422 e. The second-order valence-corrected chi connectivity index (χ2v) is 7.10. The van der Waals surface area contributed by atoms with Crippen molar-refractivity contribution in [3.63, 3.8) is 0 Å². The van der Waals surface area contributed by atoms with Crippen LogP contribution in [-0.2, 0) is 4.74 Å². The van der Waals surface area contributed by atoms with Crippen LogP contribution in [0.3, 0.4) is 0 Å². The Kier molecular flexibility index (Phi) is 6.61. The van der Waals surface area contributed by atoms with Gasteiger partial charge < -0.3 is 19.7 Å². The summed E-state index contributed by atoms with van der Waals surface area (Å²) in [6.45, 7) is 4.29. The summed E-state index contributed by atoms with van der Waals surface area (Å²) in [6.07, 6.45) is -1.12. The first-order valence-corrected chi connectivity index (χ1v) is 9.37. The Balaban J connectivity index is 1.53. The summed E-state index contributed by atoms with van der Waals surface area (Å²) in [6, 6.07) is 3.04. The normalized spacial score (nSPS) is 22.1. The Labute approximate surface area is 161 Å². The molecule has 1 aromatic rings. The lowest BCUT2D eigenvalue weighted by atomic mass is 10.0. The molecule has 2 aliphatic rings. The monoisotopic (exact) mass is 402 g/mol. The number of amides is 2. The van der Waals surface area contributed by atoms with Gasteiger partial charge in [-0.1, -0.05) is 0 Å². The summed E-state index contributed by atoms with van der Waals surface area (Å²) in [4.78, 5) is 20.5. The molecule has 10 heteroatoms. The van der Waals surface area contributed by atoms with E-state index in [1.54, 1.807) is 4.90 Å². The third kappa shape index (κ3) is 5.71. The zero-order chi connectivity index (χ0) is 20.1. The third-order valence-corrected chi connectivity index (χ3v) is 5.00. The maximum absolute atomic E-state index is 12.6. The Hall–Kier alpha value is -2.07. The lowest BCUT2D eigenvalue weighted by Crippen LogP contribution is -2.58. The molecule has 0 aromatic carbocycles. The van der Waals surface area contributed by atoms with Crippen LogP contribution in [0, 0.1) is 0 Å². The van der Waals surface area contributed by atoms with Crippen molar-refractivity contribution in [3.8, 4) is 5.88 Å². The number of aromatic nitrogens is 1. The number of nitrogens with one attached hydrogen (secondary N) is 1. The van der Waals surface area contributed by atoms with Gasteiger partial charge in [0, 0.05) is 62.9 Å². The fourth-order valence-corrected chi connectivity index (χ4v) is 3.59. The van der Waals surface area contributed by atoms with Crippen molar-refractivity contribution in [2.24, 2.45) is 0 Å². The van der Waals surface area contributed by atoms with Gasteiger partial charge in [0.05, 0.1) is 0 Å². The van der Waals surface area contributed by atoms with E-state index in [0.717, 1.165) is 39.1 Å². The lowest BCUT2D eigenvalue weighted by molar-refractivity contribution is -0.154. The highest BCUT2D eigenvalue weighted by atomic mass is 19.4. The predicted molar refractivity (Wildman–Crippen MR) is 96.4 cm³/mol. The van der Waals surface area contributed by atoms with Crippen LogP contribution in [0.2, 0.25) is 0 Å². The van der Waals surface area contributed by atoms with Crippen molar-refractivity contribution in [1.29, 1.82) is 0 Å². The number of halogens is 3. The van der Waals surface area contributed by atoms with Crippen LogP contribution >= 0.6 is 0 Å². The van der Waals surface area contributed by atoms with Crippen LogP contribution in [0.5, 0.6) is 5.88 Å². The van der Waals surface area contributed by atoms with Gasteiger partial charge in [0.2, 0.25) is 5.88 Å². The quantitative estimate of drug-likeness (QED) is 0.839. The van der Waals surface area contributed by atoms with Crippen molar-refractivity contribution >= 4 is 11.7 Å². The first kappa shape index (κ1) is 20.7. The summed E-state index contributed by atoms with van der Waals surface area (Å²) in [7, 11) is 0. The highest BCUT2D eigenvalue weighted by Gasteiger charge is 2.32. The maximum Gasteiger partial charge on any atom is 0.422 e. The van der Waals surface area contributed by atoms with Crippen molar-refractivity contribution in [1.82, 2.24) is 14.8 Å². The SMILES string of the molecule is C[C@H]1CN(C2CCOCC2)CCN1C(=O)Nc1ccnc(OCC(F)(F)F)c1. The van der Waals surface area contributed by atoms with E-state index in [0.29, 0.717) is 18.3 Å². The van der Waals surface area contributed by atoms with E-state index in [1.165, 1.54) is 18.3 Å². The summed E-state index contributed by atoms with van der Waals surface area (Å²) in [5, 5.41) is 2.72. The summed E-state index contributed by atoms with van der Waals surface area (Å²) >= 11 is 0. The van der Waals surface area contributed by atoms with E-state index in [9.17, 15) is 18.0 Å². The molecule has 2 fully saturated rings. The number of carbonyl (C=O) groups is 1. The maximum atomic E-state index is 12.6. The zero-order valence-corrected chi connectivity index (χ0v) is 15.7. The number of carbonyl (C=O) groups excluding carboxylic acids is 1. The first-order chi connectivity index (χ1) is 13.3. The molecule has 0 bridgehead atoms. The molecule has 7 nitrogen and oxygen atoms in total. The molecule has 1 aromatic heterocycles. The standard InChI is InChI=1S/C18H25F3N4O3/c1-13-11-24(15-3-8-27-9-4-15)6-7-25(13)17(26)23-14-2-5-22-16(10-14)28-12-18(19,20)21/h2,5,10,13,15H,3-4,6-9,11-12H2,1H3,(H,22,23,26)/t13-/m0/s1. The number of pyridine rings is 1. The summed E-state index contributed by atoms with van der Waals surface area (Å²) in [5.74, 6) is -0.187. The molecule has 0 radical (unpaired) electrons. The molecule has 3 heterocycles.